The zero-order valence-corrected chi connectivity index (χ0v) is 10.3. The van der Waals surface area contributed by atoms with E-state index in [0.717, 1.165) is 12.1 Å². The molecule has 0 heterocycles. The van der Waals surface area contributed by atoms with Crippen molar-refractivity contribution in [2.24, 2.45) is 0 Å². The molecule has 2 nitrogen and oxygen atoms in total. The van der Waals surface area contributed by atoms with Crippen LogP contribution < -0.4 is 56.5 Å². The van der Waals surface area contributed by atoms with E-state index < -0.39 is 24.6 Å². The number of carboxylic acid groups (broad SMARTS) is 1. The van der Waals surface area contributed by atoms with Crippen LogP contribution in [0.4, 0.5) is 4.39 Å². The van der Waals surface area contributed by atoms with Crippen molar-refractivity contribution in [3.05, 3.63) is 35.6 Å². The minimum Gasteiger partial charge on any atom is -0.550 e. The fraction of sp³-hybridized carbons (Fsp3) is 0.222. The molecule has 13 heavy (non-hydrogen) atoms. The smallest absolute Gasteiger partial charge is 0.550 e. The molecule has 0 saturated heterocycles. The predicted molar refractivity (Wildman–Crippen MR) is 39.7 cm³/mol. The van der Waals surface area contributed by atoms with Gasteiger partial charge >= 0.3 is 51.4 Å². The molecule has 0 amide bonds. The molecule has 0 spiro atoms. The number of aliphatic carboxylic acids is 1. The van der Waals surface area contributed by atoms with Gasteiger partial charge in [-0.05, 0) is 30.5 Å². The number of benzene rings is 1. The van der Waals surface area contributed by atoms with Gasteiger partial charge in [0.05, 0.1) is 0 Å². The summed E-state index contributed by atoms with van der Waals surface area (Å²) in [5, 5.41) is 10.3. The summed E-state index contributed by atoms with van der Waals surface area (Å²) in [7, 11) is 0. The van der Waals surface area contributed by atoms with Crippen molar-refractivity contribution in [1.82, 2.24) is 0 Å². The molecule has 1 aromatic rings. The average molecular weight is 208 g/mol. The minimum absolute atomic E-state index is 0. The van der Waals surface area contributed by atoms with E-state index in [4.69, 9.17) is 2.74 Å². The van der Waals surface area contributed by atoms with E-state index in [0.29, 0.717) is 0 Å². The minimum atomic E-state index is -1.65. The second-order valence-corrected chi connectivity index (χ2v) is 2.20. The molecule has 2 unspecified atom stereocenters. The Morgan fingerprint density at radius 3 is 2.46 bits per heavy atom. The molecular weight excluding hydrogens is 198 g/mol. The largest absolute Gasteiger partial charge is 1.00 e. The molecule has 4 heteroatoms. The number of hydrogen-bond acceptors (Lipinski definition) is 2. The van der Waals surface area contributed by atoms with E-state index in [9.17, 15) is 14.3 Å². The van der Waals surface area contributed by atoms with Gasteiger partial charge in [0.2, 0.25) is 0 Å². The molecule has 0 radical (unpaired) electrons. The van der Waals surface area contributed by atoms with E-state index in [-0.39, 0.29) is 56.9 Å². The Balaban J connectivity index is 0.00000196. The molecule has 0 aliphatic heterocycles. The summed E-state index contributed by atoms with van der Waals surface area (Å²) < 4.78 is 26.9. The fourth-order valence-electron chi connectivity index (χ4n) is 0.738. The molecule has 0 aliphatic rings. The second-order valence-electron chi connectivity index (χ2n) is 2.20. The number of hydrogen-bond donors (Lipinski definition) is 0. The Morgan fingerprint density at radius 1 is 1.46 bits per heavy atom. The Hall–Kier alpha value is 0.256. The number of halogens is 1. The maximum Gasteiger partial charge on any atom is 1.00 e. The van der Waals surface area contributed by atoms with E-state index in [1.54, 1.807) is 0 Å². The SMILES string of the molecule is [2H]C(C(=O)[O-])C([2H])c1ccc(F)cc1.[K+]. The van der Waals surface area contributed by atoms with Crippen molar-refractivity contribution in [2.45, 2.75) is 12.8 Å². The molecule has 0 aliphatic carbocycles. The van der Waals surface area contributed by atoms with Gasteiger partial charge in [0.15, 0.2) is 0 Å². The normalized spacial score (nSPS) is 16.1. The summed E-state index contributed by atoms with van der Waals surface area (Å²) in [6.07, 6.45) is -2.90. The Bertz CT molecular complexity index is 331. The van der Waals surface area contributed by atoms with Crippen LogP contribution in [0.1, 0.15) is 14.7 Å². The summed E-state index contributed by atoms with van der Waals surface area (Å²) in [5.74, 6) is -2.06. The molecule has 0 N–H and O–H groups in total. The van der Waals surface area contributed by atoms with Crippen LogP contribution in [0.2, 0.25) is 0 Å². The molecule has 0 aromatic heterocycles. The van der Waals surface area contributed by atoms with Crippen LogP contribution >= 0.6 is 0 Å². The van der Waals surface area contributed by atoms with Crippen molar-refractivity contribution in [3.8, 4) is 0 Å². The fourth-order valence-corrected chi connectivity index (χ4v) is 0.738. The molecule has 1 aromatic carbocycles. The van der Waals surface area contributed by atoms with Gasteiger partial charge in [-0.15, -0.1) is 0 Å². The van der Waals surface area contributed by atoms with Gasteiger partial charge in [-0.25, -0.2) is 4.39 Å². The molecule has 0 bridgehead atoms. The van der Waals surface area contributed by atoms with Gasteiger partial charge in [-0.2, -0.15) is 0 Å². The first kappa shape index (κ1) is 9.80. The number of carboxylic acids is 1. The maximum absolute atomic E-state index is 12.5. The summed E-state index contributed by atoms with van der Waals surface area (Å²) in [6, 6.07) is 4.83. The third-order valence-corrected chi connectivity index (χ3v) is 1.28. The summed E-state index contributed by atoms with van der Waals surface area (Å²) >= 11 is 0. The number of carbonyl (C=O) groups excluding carboxylic acids is 1. The first-order chi connectivity index (χ1) is 6.52. The quantitative estimate of drug-likeness (QED) is 0.516. The van der Waals surface area contributed by atoms with Crippen LogP contribution in [-0.2, 0) is 11.2 Å². The van der Waals surface area contributed by atoms with Crippen LogP contribution in [0.3, 0.4) is 0 Å². The van der Waals surface area contributed by atoms with Crippen LogP contribution in [0.15, 0.2) is 24.3 Å². The zero-order valence-electron chi connectivity index (χ0n) is 9.16. The summed E-state index contributed by atoms with van der Waals surface area (Å²) in [4.78, 5) is 10.3. The number of carbonyl (C=O) groups is 1. The molecule has 0 saturated carbocycles. The van der Waals surface area contributed by atoms with Crippen molar-refractivity contribution < 1.29 is 68.4 Å². The van der Waals surface area contributed by atoms with E-state index in [2.05, 4.69) is 0 Å². The van der Waals surface area contributed by atoms with Crippen LogP contribution in [-0.4, -0.2) is 5.97 Å². The molecule has 64 valence electrons. The first-order valence-electron chi connectivity index (χ1n) is 4.48. The third-order valence-electron chi connectivity index (χ3n) is 1.28. The van der Waals surface area contributed by atoms with Crippen LogP contribution in [0, 0.1) is 5.82 Å². The van der Waals surface area contributed by atoms with Gasteiger partial charge in [0.25, 0.3) is 0 Å². The molecule has 1 rings (SSSR count). The van der Waals surface area contributed by atoms with Gasteiger partial charge in [-0.1, -0.05) is 12.1 Å². The van der Waals surface area contributed by atoms with E-state index >= 15 is 0 Å². The Kier molecular flexibility index (Phi) is 5.03. The van der Waals surface area contributed by atoms with E-state index in [1.165, 1.54) is 12.1 Å². The van der Waals surface area contributed by atoms with Crippen molar-refractivity contribution in [2.75, 3.05) is 0 Å². The zero-order chi connectivity index (χ0) is 10.7. The standard InChI is InChI=1S/C9H9FO2.K/c10-8-4-1-7(2-5-8)3-6-9(11)12;/h1-2,4-5H,3,6H2,(H,11,12);/q;+1/p-1/i3D,6D;. The van der Waals surface area contributed by atoms with Gasteiger partial charge in [-0.3, -0.25) is 0 Å². The Labute approximate surface area is 121 Å². The second kappa shape index (κ2) is 6.67. The van der Waals surface area contributed by atoms with Crippen LogP contribution in [0.5, 0.6) is 0 Å². The number of aryl methyl sites for hydroxylation is 1. The Morgan fingerprint density at radius 2 is 2.00 bits per heavy atom. The predicted octanol–water partition coefficient (Wildman–Crippen LogP) is -2.49. The number of rotatable bonds is 3. The first-order valence-corrected chi connectivity index (χ1v) is 3.33. The molecule has 2 atom stereocenters. The monoisotopic (exact) mass is 208 g/mol. The molecule has 0 fully saturated rings. The maximum atomic E-state index is 12.5. The topological polar surface area (TPSA) is 40.1 Å². The van der Waals surface area contributed by atoms with Crippen molar-refractivity contribution in [1.29, 1.82) is 0 Å². The van der Waals surface area contributed by atoms with Gasteiger partial charge < -0.3 is 9.90 Å². The third kappa shape index (κ3) is 5.54. The summed E-state index contributed by atoms with van der Waals surface area (Å²) in [6.45, 7) is 0. The summed E-state index contributed by atoms with van der Waals surface area (Å²) in [5.41, 5.74) is 0.288. The van der Waals surface area contributed by atoms with E-state index in [1.807, 2.05) is 0 Å². The molecular formula is C9H8FKO2. The van der Waals surface area contributed by atoms with Crippen molar-refractivity contribution >= 4 is 5.97 Å². The van der Waals surface area contributed by atoms with Crippen molar-refractivity contribution in [3.63, 3.8) is 0 Å². The average Bonchev–Trinajstić information content (AvgIpc) is 2.16. The van der Waals surface area contributed by atoms with Crippen LogP contribution in [0.25, 0.3) is 0 Å². The van der Waals surface area contributed by atoms with Gasteiger partial charge in [0.1, 0.15) is 5.82 Å². The van der Waals surface area contributed by atoms with Gasteiger partial charge in [0, 0.05) is 8.71 Å².